The topological polar surface area (TPSA) is 73.8 Å². The van der Waals surface area contributed by atoms with Gasteiger partial charge in [0.25, 0.3) is 5.91 Å². The first-order valence-electron chi connectivity index (χ1n) is 11.6. The van der Waals surface area contributed by atoms with Crippen LogP contribution in [0, 0.1) is 6.92 Å². The van der Waals surface area contributed by atoms with Crippen molar-refractivity contribution >= 4 is 42.6 Å². The smallest absolute Gasteiger partial charge is 0.260 e. The Balaban J connectivity index is 1.62. The predicted octanol–water partition coefficient (Wildman–Crippen LogP) is 4.38. The maximum absolute atomic E-state index is 13.5. The molecule has 1 atom stereocenters. The molecule has 1 unspecified atom stereocenters. The summed E-state index contributed by atoms with van der Waals surface area (Å²) in [5.74, 6) is -0.187. The third-order valence-electron chi connectivity index (χ3n) is 6.23. The Hall–Kier alpha value is -2.33. The zero-order chi connectivity index (χ0) is 24.5. The fourth-order valence-electron chi connectivity index (χ4n) is 4.21. The average molecular weight is 501 g/mol. The fourth-order valence-corrected chi connectivity index (χ4v) is 7.00. The number of anilines is 1. The molecule has 1 amide bonds. The number of sulfonamides is 1. The second kappa shape index (κ2) is 10.1. The van der Waals surface area contributed by atoms with E-state index in [1.54, 1.807) is 33.5 Å². The van der Waals surface area contributed by atoms with Gasteiger partial charge in [0, 0.05) is 31.2 Å². The first-order chi connectivity index (χ1) is 16.2. The standard InChI is InChI=1S/C25H32N4O3S2/c1-18-8-13-22-23(17-18)33-25(26-22)28(16-15-27(3)4)24(30)20-9-11-21(12-10-20)34(31,32)29-14-6-5-7-19(29)2/h8-13,17,19H,5-7,14-16H2,1-4H3. The van der Waals surface area contributed by atoms with Gasteiger partial charge in [0.05, 0.1) is 15.1 Å². The number of hydrogen-bond donors (Lipinski definition) is 0. The second-order valence-corrected chi connectivity index (χ2v) is 12.1. The van der Waals surface area contributed by atoms with Gasteiger partial charge in [-0.2, -0.15) is 4.31 Å². The normalized spacial score (nSPS) is 17.4. The summed E-state index contributed by atoms with van der Waals surface area (Å²) in [6.45, 7) is 5.69. The van der Waals surface area contributed by atoms with E-state index in [-0.39, 0.29) is 16.8 Å². The van der Waals surface area contributed by atoms with Crippen molar-refractivity contribution in [3.05, 3.63) is 53.6 Å². The Morgan fingerprint density at radius 1 is 1.12 bits per heavy atom. The van der Waals surface area contributed by atoms with Crippen LogP contribution in [0.1, 0.15) is 42.1 Å². The Morgan fingerprint density at radius 3 is 2.53 bits per heavy atom. The monoisotopic (exact) mass is 500 g/mol. The maximum Gasteiger partial charge on any atom is 0.260 e. The molecule has 2 aromatic carbocycles. The van der Waals surface area contributed by atoms with E-state index in [9.17, 15) is 13.2 Å². The molecule has 1 saturated heterocycles. The maximum atomic E-state index is 13.5. The van der Waals surface area contributed by atoms with Gasteiger partial charge in [-0.15, -0.1) is 0 Å². The summed E-state index contributed by atoms with van der Waals surface area (Å²) in [5.41, 5.74) is 2.46. The van der Waals surface area contributed by atoms with Crippen LogP contribution in [-0.2, 0) is 10.0 Å². The number of piperidine rings is 1. The summed E-state index contributed by atoms with van der Waals surface area (Å²) in [6, 6.07) is 12.4. The number of benzene rings is 2. The van der Waals surface area contributed by atoms with Gasteiger partial charge in [0.15, 0.2) is 5.13 Å². The molecule has 1 aliphatic rings. The van der Waals surface area contributed by atoms with Crippen LogP contribution in [0.2, 0.25) is 0 Å². The molecule has 0 N–H and O–H groups in total. The summed E-state index contributed by atoms with van der Waals surface area (Å²) in [6.07, 6.45) is 2.80. The van der Waals surface area contributed by atoms with Gasteiger partial charge in [-0.3, -0.25) is 9.69 Å². The fraction of sp³-hybridized carbons (Fsp3) is 0.440. The van der Waals surface area contributed by atoms with Crippen LogP contribution in [0.3, 0.4) is 0 Å². The largest absolute Gasteiger partial charge is 0.308 e. The summed E-state index contributed by atoms with van der Waals surface area (Å²) >= 11 is 1.49. The molecular formula is C25H32N4O3S2. The first-order valence-corrected chi connectivity index (χ1v) is 13.9. The van der Waals surface area contributed by atoms with Crippen LogP contribution < -0.4 is 4.90 Å². The second-order valence-electron chi connectivity index (χ2n) is 9.21. The van der Waals surface area contributed by atoms with E-state index < -0.39 is 10.0 Å². The minimum atomic E-state index is -3.58. The van der Waals surface area contributed by atoms with Crippen molar-refractivity contribution in [3.8, 4) is 0 Å². The molecule has 0 radical (unpaired) electrons. The van der Waals surface area contributed by atoms with Gasteiger partial charge < -0.3 is 4.90 Å². The molecule has 9 heteroatoms. The van der Waals surface area contributed by atoms with E-state index in [4.69, 9.17) is 4.98 Å². The average Bonchev–Trinajstić information content (AvgIpc) is 3.22. The number of carbonyl (C=O) groups excluding carboxylic acids is 1. The molecule has 182 valence electrons. The summed E-state index contributed by atoms with van der Waals surface area (Å²) < 4.78 is 28.9. The van der Waals surface area contributed by atoms with E-state index in [0.717, 1.165) is 35.0 Å². The van der Waals surface area contributed by atoms with Gasteiger partial charge in [-0.25, -0.2) is 13.4 Å². The van der Waals surface area contributed by atoms with E-state index >= 15 is 0 Å². The van der Waals surface area contributed by atoms with Gasteiger partial charge in [0.1, 0.15) is 0 Å². The van der Waals surface area contributed by atoms with E-state index in [1.807, 2.05) is 45.0 Å². The molecule has 0 spiro atoms. The Bertz CT molecular complexity index is 1270. The lowest BCUT2D eigenvalue weighted by molar-refractivity contribution is 0.0985. The van der Waals surface area contributed by atoms with Crippen molar-refractivity contribution in [3.63, 3.8) is 0 Å². The molecule has 1 fully saturated rings. The van der Waals surface area contributed by atoms with Crippen LogP contribution in [-0.4, -0.2) is 68.3 Å². The SMILES string of the molecule is Cc1ccc2nc(N(CCN(C)C)C(=O)c3ccc(S(=O)(=O)N4CCCCC4C)cc3)sc2c1. The highest BCUT2D eigenvalue weighted by atomic mass is 32.2. The molecule has 0 saturated carbocycles. The van der Waals surface area contributed by atoms with Crippen LogP contribution in [0.5, 0.6) is 0 Å². The minimum Gasteiger partial charge on any atom is -0.308 e. The van der Waals surface area contributed by atoms with Crippen molar-refractivity contribution in [2.24, 2.45) is 0 Å². The lowest BCUT2D eigenvalue weighted by atomic mass is 10.1. The summed E-state index contributed by atoms with van der Waals surface area (Å²) in [4.78, 5) is 22.2. The number of carbonyl (C=O) groups is 1. The zero-order valence-corrected chi connectivity index (χ0v) is 21.8. The summed E-state index contributed by atoms with van der Waals surface area (Å²) in [5, 5.41) is 0.645. The molecular weight excluding hydrogens is 468 g/mol. The number of nitrogens with zero attached hydrogens (tertiary/aromatic N) is 4. The molecule has 34 heavy (non-hydrogen) atoms. The van der Waals surface area contributed by atoms with E-state index in [1.165, 1.54) is 11.3 Å². The Labute approximate surface area is 206 Å². The third kappa shape index (κ3) is 5.17. The van der Waals surface area contributed by atoms with Gasteiger partial charge in [-0.05, 0) is 82.7 Å². The Kier molecular flexibility index (Phi) is 7.37. The van der Waals surface area contributed by atoms with E-state index in [0.29, 0.717) is 30.3 Å². The molecule has 2 heterocycles. The predicted molar refractivity (Wildman–Crippen MR) is 138 cm³/mol. The number of aryl methyl sites for hydroxylation is 1. The van der Waals surface area contributed by atoms with E-state index in [2.05, 4.69) is 6.07 Å². The summed E-state index contributed by atoms with van der Waals surface area (Å²) in [7, 11) is 0.350. The number of thiazole rings is 1. The number of rotatable bonds is 7. The van der Waals surface area contributed by atoms with Crippen LogP contribution in [0.4, 0.5) is 5.13 Å². The lowest BCUT2D eigenvalue weighted by Crippen LogP contribution is -2.41. The number of amides is 1. The lowest BCUT2D eigenvalue weighted by Gasteiger charge is -2.32. The van der Waals surface area contributed by atoms with Crippen molar-refractivity contribution < 1.29 is 13.2 Å². The third-order valence-corrected chi connectivity index (χ3v) is 9.30. The number of fused-ring (bicyclic) bond motifs is 1. The van der Waals surface area contributed by atoms with Gasteiger partial charge in [0.2, 0.25) is 10.0 Å². The number of hydrogen-bond acceptors (Lipinski definition) is 6. The van der Waals surface area contributed by atoms with Crippen molar-refractivity contribution in [2.45, 2.75) is 44.0 Å². The molecule has 1 aliphatic heterocycles. The van der Waals surface area contributed by atoms with Crippen LogP contribution in [0.15, 0.2) is 47.4 Å². The van der Waals surface area contributed by atoms with Crippen molar-refractivity contribution in [1.29, 1.82) is 0 Å². The van der Waals surface area contributed by atoms with Gasteiger partial charge in [-0.1, -0.05) is 23.8 Å². The van der Waals surface area contributed by atoms with Crippen molar-refractivity contribution in [1.82, 2.24) is 14.2 Å². The highest BCUT2D eigenvalue weighted by molar-refractivity contribution is 7.89. The zero-order valence-electron chi connectivity index (χ0n) is 20.2. The number of aromatic nitrogens is 1. The Morgan fingerprint density at radius 2 is 1.85 bits per heavy atom. The molecule has 7 nitrogen and oxygen atoms in total. The first kappa shape index (κ1) is 24.8. The minimum absolute atomic E-state index is 0.00995. The molecule has 0 bridgehead atoms. The van der Waals surface area contributed by atoms with Crippen LogP contribution in [0.25, 0.3) is 10.2 Å². The molecule has 0 aliphatic carbocycles. The molecule has 3 aromatic rings. The molecule has 1 aromatic heterocycles. The number of likely N-dealkylation sites (N-methyl/N-ethyl adjacent to an activating group) is 1. The highest BCUT2D eigenvalue weighted by Crippen LogP contribution is 2.31. The van der Waals surface area contributed by atoms with Crippen LogP contribution >= 0.6 is 11.3 Å². The molecule has 4 rings (SSSR count). The van der Waals surface area contributed by atoms with Gasteiger partial charge >= 0.3 is 0 Å². The quantitative estimate of drug-likeness (QED) is 0.481. The van der Waals surface area contributed by atoms with Crippen molar-refractivity contribution in [2.75, 3.05) is 38.6 Å². The highest BCUT2D eigenvalue weighted by Gasteiger charge is 2.31.